The first-order chi connectivity index (χ1) is 11.7. The highest BCUT2D eigenvalue weighted by Gasteiger charge is 2.24. The summed E-state index contributed by atoms with van der Waals surface area (Å²) in [6.45, 7) is 6.08. The Morgan fingerprint density at radius 3 is 2.83 bits per heavy atom. The maximum Gasteiger partial charge on any atom is 0.269 e. The van der Waals surface area contributed by atoms with Gasteiger partial charge in [0.25, 0.3) is 5.91 Å². The Kier molecular flexibility index (Phi) is 4.96. The number of hydrogen-bond acceptors (Lipinski definition) is 6. The Balaban J connectivity index is 2.10. The van der Waals surface area contributed by atoms with Crippen molar-refractivity contribution in [3.05, 3.63) is 17.5 Å². The summed E-state index contributed by atoms with van der Waals surface area (Å²) >= 11 is 0. The third-order valence-electron chi connectivity index (χ3n) is 4.30. The van der Waals surface area contributed by atoms with E-state index < -0.39 is 0 Å². The number of aryl methyl sites for hydroxylation is 2. The molecule has 8 heteroatoms. The van der Waals surface area contributed by atoms with Crippen molar-refractivity contribution in [2.75, 3.05) is 25.6 Å². The van der Waals surface area contributed by atoms with E-state index >= 15 is 0 Å². The number of hydrazine groups is 1. The Bertz CT molecular complexity index is 736. The number of nitrogens with one attached hydrogen (secondary N) is 3. The average molecular weight is 332 g/mol. The molecule has 2 aromatic heterocycles. The van der Waals surface area contributed by atoms with Gasteiger partial charge in [-0.05, 0) is 26.7 Å². The second-order valence-electron chi connectivity index (χ2n) is 5.88. The van der Waals surface area contributed by atoms with E-state index in [9.17, 15) is 4.79 Å². The molecule has 3 N–H and O–H groups in total. The zero-order valence-corrected chi connectivity index (χ0v) is 14.3. The molecule has 0 radical (unpaired) electrons. The van der Waals surface area contributed by atoms with Gasteiger partial charge in [-0.1, -0.05) is 0 Å². The van der Waals surface area contributed by atoms with Crippen molar-refractivity contribution in [3.8, 4) is 0 Å². The van der Waals surface area contributed by atoms with E-state index in [0.717, 1.165) is 49.3 Å². The predicted octanol–water partition coefficient (Wildman–Crippen LogP) is 1.21. The van der Waals surface area contributed by atoms with Crippen molar-refractivity contribution < 1.29 is 9.53 Å². The highest BCUT2D eigenvalue weighted by Crippen LogP contribution is 2.30. The van der Waals surface area contributed by atoms with Gasteiger partial charge in [-0.3, -0.25) is 10.2 Å². The second-order valence-corrected chi connectivity index (χ2v) is 5.88. The molecule has 1 aliphatic heterocycles. The van der Waals surface area contributed by atoms with Gasteiger partial charge in [-0.2, -0.15) is 5.10 Å². The summed E-state index contributed by atoms with van der Waals surface area (Å²) in [6.07, 6.45) is 3.61. The number of hydrogen-bond donors (Lipinski definition) is 3. The first-order valence-electron chi connectivity index (χ1n) is 8.33. The van der Waals surface area contributed by atoms with Crippen LogP contribution in [-0.2, 0) is 11.3 Å². The van der Waals surface area contributed by atoms with Gasteiger partial charge in [-0.15, -0.1) is 0 Å². The Morgan fingerprint density at radius 1 is 1.42 bits per heavy atom. The van der Waals surface area contributed by atoms with Gasteiger partial charge in [0.15, 0.2) is 5.65 Å². The van der Waals surface area contributed by atoms with Gasteiger partial charge in [-0.25, -0.2) is 15.1 Å². The summed E-state index contributed by atoms with van der Waals surface area (Å²) in [5.74, 6) is -0.205. The number of nitrogens with zero attached hydrogens (tertiary/aromatic N) is 3. The Hall–Kier alpha value is -2.19. The highest BCUT2D eigenvalue weighted by atomic mass is 16.5. The second kappa shape index (κ2) is 7.14. The molecule has 1 fully saturated rings. The average Bonchev–Trinajstić information content (AvgIpc) is 2.98. The smallest absolute Gasteiger partial charge is 0.269 e. The van der Waals surface area contributed by atoms with Gasteiger partial charge in [0.2, 0.25) is 0 Å². The molecule has 0 bridgehead atoms. The minimum Gasteiger partial charge on any atom is -0.381 e. The van der Waals surface area contributed by atoms with E-state index in [1.54, 1.807) is 13.2 Å². The van der Waals surface area contributed by atoms with Crippen LogP contribution in [0, 0.1) is 6.92 Å². The summed E-state index contributed by atoms with van der Waals surface area (Å²) in [7, 11) is 1.67. The number of ether oxygens (including phenoxy) is 1. The summed E-state index contributed by atoms with van der Waals surface area (Å²) in [5.41, 5.74) is 8.17. The van der Waals surface area contributed by atoms with Gasteiger partial charge in [0, 0.05) is 32.8 Å². The van der Waals surface area contributed by atoms with Crippen LogP contribution in [0.4, 0.5) is 5.69 Å². The molecule has 0 spiro atoms. The van der Waals surface area contributed by atoms with Crippen LogP contribution < -0.4 is 16.2 Å². The number of carbonyl (C=O) groups excluding carboxylic acids is 1. The maximum absolute atomic E-state index is 12.5. The molecular formula is C16H24N6O2. The fourth-order valence-corrected chi connectivity index (χ4v) is 3.08. The monoisotopic (exact) mass is 332 g/mol. The fraction of sp³-hybridized carbons (Fsp3) is 0.562. The molecule has 3 heterocycles. The van der Waals surface area contributed by atoms with Crippen molar-refractivity contribution >= 4 is 22.6 Å². The zero-order chi connectivity index (χ0) is 17.1. The lowest BCUT2D eigenvalue weighted by Crippen LogP contribution is -2.36. The standard InChI is InChI=1S/C16H24N6O2/c1-4-22-15-12(9-18-22)14(20-11-5-7-24-8-6-11)13(10(2)19-15)16(23)21-17-3/h9,11,17H,4-8H2,1-3H3,(H,19,20)(H,21,23). The van der Waals surface area contributed by atoms with E-state index in [-0.39, 0.29) is 11.9 Å². The minimum atomic E-state index is -0.205. The topological polar surface area (TPSA) is 93.1 Å². The van der Waals surface area contributed by atoms with Gasteiger partial charge in [0.05, 0.1) is 28.5 Å². The van der Waals surface area contributed by atoms with Gasteiger partial charge >= 0.3 is 0 Å². The quantitative estimate of drug-likeness (QED) is 0.713. The third-order valence-corrected chi connectivity index (χ3v) is 4.30. The largest absolute Gasteiger partial charge is 0.381 e. The molecule has 0 saturated carbocycles. The first-order valence-corrected chi connectivity index (χ1v) is 8.33. The fourth-order valence-electron chi connectivity index (χ4n) is 3.08. The number of amides is 1. The van der Waals surface area contributed by atoms with Crippen LogP contribution in [0.15, 0.2) is 6.20 Å². The van der Waals surface area contributed by atoms with Crippen molar-refractivity contribution in [2.24, 2.45) is 0 Å². The highest BCUT2D eigenvalue weighted by molar-refractivity contribution is 6.07. The number of carbonyl (C=O) groups is 1. The van der Waals surface area contributed by atoms with E-state index in [1.807, 2.05) is 18.5 Å². The number of anilines is 1. The predicted molar refractivity (Wildman–Crippen MR) is 91.9 cm³/mol. The molecule has 130 valence electrons. The van der Waals surface area contributed by atoms with Crippen LogP contribution in [0.3, 0.4) is 0 Å². The zero-order valence-electron chi connectivity index (χ0n) is 14.3. The van der Waals surface area contributed by atoms with Crippen LogP contribution in [-0.4, -0.2) is 47.0 Å². The first kappa shape index (κ1) is 16.7. The van der Waals surface area contributed by atoms with Gasteiger partial charge < -0.3 is 10.1 Å². The van der Waals surface area contributed by atoms with Crippen LogP contribution in [0.1, 0.15) is 35.8 Å². The van der Waals surface area contributed by atoms with Gasteiger partial charge in [0.1, 0.15) is 0 Å². The number of aromatic nitrogens is 3. The van der Waals surface area contributed by atoms with E-state index in [4.69, 9.17) is 4.74 Å². The summed E-state index contributed by atoms with van der Waals surface area (Å²) in [4.78, 5) is 17.2. The molecule has 3 rings (SSSR count). The summed E-state index contributed by atoms with van der Waals surface area (Å²) < 4.78 is 7.27. The lowest BCUT2D eigenvalue weighted by atomic mass is 10.0. The number of fused-ring (bicyclic) bond motifs is 1. The molecule has 1 saturated heterocycles. The van der Waals surface area contributed by atoms with Crippen LogP contribution >= 0.6 is 0 Å². The summed E-state index contributed by atoms with van der Waals surface area (Å²) in [6, 6.07) is 0.273. The third kappa shape index (κ3) is 3.07. The lowest BCUT2D eigenvalue weighted by molar-refractivity contribution is 0.0903. The van der Waals surface area contributed by atoms with Crippen molar-refractivity contribution in [2.45, 2.75) is 39.3 Å². The molecule has 0 atom stereocenters. The Labute approximate surface area is 140 Å². The molecule has 0 aliphatic carbocycles. The SMILES string of the molecule is CCn1ncc2c(NC3CCOCC3)c(C(=O)NNC)c(C)nc21. The van der Waals surface area contributed by atoms with Crippen LogP contribution in [0.25, 0.3) is 11.0 Å². The Morgan fingerprint density at radius 2 is 2.17 bits per heavy atom. The molecule has 0 aromatic carbocycles. The van der Waals surface area contributed by atoms with Crippen molar-refractivity contribution in [1.82, 2.24) is 25.6 Å². The van der Waals surface area contributed by atoms with E-state index in [1.165, 1.54) is 0 Å². The summed E-state index contributed by atoms with van der Waals surface area (Å²) in [5, 5.41) is 8.82. The molecule has 0 unspecified atom stereocenters. The molecule has 24 heavy (non-hydrogen) atoms. The van der Waals surface area contributed by atoms with Crippen molar-refractivity contribution in [3.63, 3.8) is 0 Å². The number of rotatable bonds is 5. The normalized spacial score (nSPS) is 15.6. The van der Waals surface area contributed by atoms with Crippen LogP contribution in [0.5, 0.6) is 0 Å². The maximum atomic E-state index is 12.5. The van der Waals surface area contributed by atoms with E-state index in [2.05, 4.69) is 26.3 Å². The minimum absolute atomic E-state index is 0.205. The van der Waals surface area contributed by atoms with Crippen molar-refractivity contribution in [1.29, 1.82) is 0 Å². The molecule has 2 aromatic rings. The number of pyridine rings is 1. The molecule has 1 aliphatic rings. The lowest BCUT2D eigenvalue weighted by Gasteiger charge is -2.26. The van der Waals surface area contributed by atoms with Crippen LogP contribution in [0.2, 0.25) is 0 Å². The molecule has 1 amide bonds. The molecular weight excluding hydrogens is 308 g/mol. The van der Waals surface area contributed by atoms with E-state index in [0.29, 0.717) is 11.3 Å². The molecule has 8 nitrogen and oxygen atoms in total.